The standard InChI is InChI=1S/C31H33BO3/c1-23-10-6-14-27(18-23)22-34-32(33-5)35-31(28-15-7-11-24(2)19-28,29-16-8-12-25(3)20-29)30-17-9-13-26(4)21-30/h6-21H,22H2,1-5H3. The highest BCUT2D eigenvalue weighted by Gasteiger charge is 2.43. The van der Waals surface area contributed by atoms with Crippen LogP contribution in [0.15, 0.2) is 97.1 Å². The van der Waals surface area contributed by atoms with Gasteiger partial charge in [0.05, 0.1) is 6.61 Å². The minimum Gasteiger partial charge on any atom is -0.389 e. The highest BCUT2D eigenvalue weighted by atomic mass is 16.7. The van der Waals surface area contributed by atoms with Crippen LogP contribution >= 0.6 is 0 Å². The van der Waals surface area contributed by atoms with Gasteiger partial charge in [0.2, 0.25) is 0 Å². The first kappa shape index (κ1) is 24.9. The number of benzene rings is 4. The van der Waals surface area contributed by atoms with Crippen LogP contribution in [-0.4, -0.2) is 14.4 Å². The average molecular weight is 464 g/mol. The monoisotopic (exact) mass is 464 g/mol. The summed E-state index contributed by atoms with van der Waals surface area (Å²) in [5, 5.41) is 0. The zero-order valence-corrected chi connectivity index (χ0v) is 21.2. The van der Waals surface area contributed by atoms with Gasteiger partial charge in [-0.2, -0.15) is 0 Å². The van der Waals surface area contributed by atoms with Crippen molar-refractivity contribution in [2.24, 2.45) is 0 Å². The number of hydrogen-bond acceptors (Lipinski definition) is 3. The Morgan fingerprint density at radius 3 is 1.43 bits per heavy atom. The van der Waals surface area contributed by atoms with E-state index in [9.17, 15) is 0 Å². The van der Waals surface area contributed by atoms with E-state index < -0.39 is 12.9 Å². The fourth-order valence-corrected chi connectivity index (χ4v) is 4.56. The molecule has 0 aliphatic heterocycles. The highest BCUT2D eigenvalue weighted by molar-refractivity contribution is 6.36. The maximum Gasteiger partial charge on any atom is 0.640 e. The van der Waals surface area contributed by atoms with E-state index in [0.29, 0.717) is 6.61 Å². The molecule has 0 amide bonds. The molecule has 3 nitrogen and oxygen atoms in total. The Morgan fingerprint density at radius 1 is 0.600 bits per heavy atom. The molecule has 0 heterocycles. The second kappa shape index (κ2) is 11.0. The molecule has 0 spiro atoms. The van der Waals surface area contributed by atoms with Crippen molar-refractivity contribution >= 4 is 7.32 Å². The SMILES string of the molecule is COB(OCc1cccc(C)c1)OC(c1cccc(C)c1)(c1cccc(C)c1)c1cccc(C)c1. The van der Waals surface area contributed by atoms with E-state index >= 15 is 0 Å². The lowest BCUT2D eigenvalue weighted by Crippen LogP contribution is -2.41. The molecule has 0 N–H and O–H groups in total. The summed E-state index contributed by atoms with van der Waals surface area (Å²) in [6.07, 6.45) is 0. The molecule has 0 aromatic heterocycles. The van der Waals surface area contributed by atoms with Gasteiger partial charge in [0, 0.05) is 7.11 Å². The summed E-state index contributed by atoms with van der Waals surface area (Å²) in [4.78, 5) is 0. The van der Waals surface area contributed by atoms with Crippen molar-refractivity contribution in [2.45, 2.75) is 39.9 Å². The zero-order valence-electron chi connectivity index (χ0n) is 21.2. The summed E-state index contributed by atoms with van der Waals surface area (Å²) < 4.78 is 18.9. The van der Waals surface area contributed by atoms with Gasteiger partial charge in [-0.3, -0.25) is 0 Å². The fraction of sp³-hybridized carbons (Fsp3) is 0.226. The first-order chi connectivity index (χ1) is 16.9. The smallest absolute Gasteiger partial charge is 0.389 e. The minimum absolute atomic E-state index is 0.381. The van der Waals surface area contributed by atoms with E-state index in [2.05, 4.69) is 119 Å². The van der Waals surface area contributed by atoms with Gasteiger partial charge >= 0.3 is 7.32 Å². The number of rotatable bonds is 9. The van der Waals surface area contributed by atoms with Crippen molar-refractivity contribution in [1.29, 1.82) is 0 Å². The molecule has 0 bridgehead atoms. The van der Waals surface area contributed by atoms with E-state index in [1.807, 2.05) is 6.07 Å². The van der Waals surface area contributed by atoms with Crippen molar-refractivity contribution < 1.29 is 14.0 Å². The van der Waals surface area contributed by atoms with E-state index in [1.165, 1.54) is 5.56 Å². The van der Waals surface area contributed by atoms with Gasteiger partial charge in [-0.1, -0.05) is 119 Å². The van der Waals surface area contributed by atoms with Gasteiger partial charge in [0.25, 0.3) is 0 Å². The molecule has 0 aliphatic rings. The van der Waals surface area contributed by atoms with Crippen LogP contribution < -0.4 is 0 Å². The largest absolute Gasteiger partial charge is 0.640 e. The lowest BCUT2D eigenvalue weighted by Gasteiger charge is -2.38. The predicted molar refractivity (Wildman–Crippen MR) is 143 cm³/mol. The van der Waals surface area contributed by atoms with Crippen LogP contribution in [0.3, 0.4) is 0 Å². The molecule has 0 saturated heterocycles. The fourth-order valence-electron chi connectivity index (χ4n) is 4.56. The average Bonchev–Trinajstić information content (AvgIpc) is 2.84. The van der Waals surface area contributed by atoms with Gasteiger partial charge in [0.1, 0.15) is 5.60 Å². The van der Waals surface area contributed by atoms with Gasteiger partial charge in [-0.25, -0.2) is 0 Å². The van der Waals surface area contributed by atoms with E-state index in [4.69, 9.17) is 14.0 Å². The lowest BCUT2D eigenvalue weighted by atomic mass is 9.77. The maximum absolute atomic E-state index is 6.92. The van der Waals surface area contributed by atoms with Crippen LogP contribution in [0.4, 0.5) is 0 Å². The summed E-state index contributed by atoms with van der Waals surface area (Å²) in [5.74, 6) is 0. The third-order valence-electron chi connectivity index (χ3n) is 6.21. The second-order valence-corrected chi connectivity index (χ2v) is 9.23. The summed E-state index contributed by atoms with van der Waals surface area (Å²) in [5.41, 5.74) is 7.87. The summed E-state index contributed by atoms with van der Waals surface area (Å²) in [7, 11) is 0.728. The molecule has 0 saturated carbocycles. The van der Waals surface area contributed by atoms with E-state index in [0.717, 1.165) is 38.9 Å². The molecule has 0 fully saturated rings. The molecule has 0 aliphatic carbocycles. The Bertz CT molecular complexity index is 1170. The van der Waals surface area contributed by atoms with Crippen LogP contribution in [0.2, 0.25) is 0 Å². The second-order valence-electron chi connectivity index (χ2n) is 9.23. The van der Waals surface area contributed by atoms with Crippen molar-refractivity contribution in [1.82, 2.24) is 0 Å². The molecule has 4 aromatic carbocycles. The van der Waals surface area contributed by atoms with E-state index in [1.54, 1.807) is 7.11 Å². The maximum atomic E-state index is 6.92. The predicted octanol–water partition coefficient (Wildman–Crippen LogP) is 7.08. The minimum atomic E-state index is -0.933. The molecule has 4 aromatic rings. The summed E-state index contributed by atoms with van der Waals surface area (Å²) >= 11 is 0. The molecule has 35 heavy (non-hydrogen) atoms. The van der Waals surface area contributed by atoms with Crippen LogP contribution in [0.5, 0.6) is 0 Å². The molecular formula is C31H33BO3. The Kier molecular flexibility index (Phi) is 7.87. The third kappa shape index (κ3) is 5.74. The number of hydrogen-bond donors (Lipinski definition) is 0. The highest BCUT2D eigenvalue weighted by Crippen LogP contribution is 2.42. The van der Waals surface area contributed by atoms with Crippen LogP contribution in [0.1, 0.15) is 44.5 Å². The van der Waals surface area contributed by atoms with Crippen LogP contribution in [0, 0.1) is 27.7 Å². The normalized spacial score (nSPS) is 11.5. The molecular weight excluding hydrogens is 431 g/mol. The van der Waals surface area contributed by atoms with Crippen molar-refractivity contribution in [2.75, 3.05) is 7.11 Å². The van der Waals surface area contributed by atoms with Gasteiger partial charge in [0.15, 0.2) is 0 Å². The topological polar surface area (TPSA) is 27.7 Å². The Morgan fingerprint density at radius 2 is 1.03 bits per heavy atom. The van der Waals surface area contributed by atoms with E-state index in [-0.39, 0.29) is 0 Å². The Balaban J connectivity index is 1.85. The summed E-state index contributed by atoms with van der Waals surface area (Å²) in [6, 6.07) is 33.7. The first-order valence-electron chi connectivity index (χ1n) is 12.0. The zero-order chi connectivity index (χ0) is 24.8. The quantitative estimate of drug-likeness (QED) is 0.196. The molecule has 178 valence electrons. The van der Waals surface area contributed by atoms with Gasteiger partial charge in [-0.05, 0) is 49.9 Å². The molecule has 0 atom stereocenters. The van der Waals surface area contributed by atoms with Crippen LogP contribution in [-0.2, 0) is 26.2 Å². The van der Waals surface area contributed by atoms with Crippen molar-refractivity contribution in [3.05, 3.63) is 142 Å². The molecule has 4 heteroatoms. The van der Waals surface area contributed by atoms with Gasteiger partial charge in [-0.15, -0.1) is 0 Å². The van der Waals surface area contributed by atoms with Crippen molar-refractivity contribution in [3.8, 4) is 0 Å². The van der Waals surface area contributed by atoms with Crippen molar-refractivity contribution in [3.63, 3.8) is 0 Å². The lowest BCUT2D eigenvalue weighted by molar-refractivity contribution is 0.0402. The Hall–Kier alpha value is -3.18. The molecule has 0 unspecified atom stereocenters. The molecule has 4 rings (SSSR count). The first-order valence-corrected chi connectivity index (χ1v) is 12.0. The third-order valence-corrected chi connectivity index (χ3v) is 6.21. The number of aryl methyl sites for hydroxylation is 4. The van der Waals surface area contributed by atoms with Crippen LogP contribution in [0.25, 0.3) is 0 Å². The molecule has 0 radical (unpaired) electrons. The summed E-state index contributed by atoms with van der Waals surface area (Å²) in [6.45, 7) is 8.76. The Labute approximate surface area is 209 Å². The van der Waals surface area contributed by atoms with Gasteiger partial charge < -0.3 is 14.0 Å².